The predicted octanol–water partition coefficient (Wildman–Crippen LogP) is -0.217. The molecular weight excluding hydrogens is 186 g/mol. The van der Waals surface area contributed by atoms with E-state index in [1.165, 1.54) is 6.92 Å². The van der Waals surface area contributed by atoms with Crippen molar-refractivity contribution in [3.05, 3.63) is 12.2 Å². The van der Waals surface area contributed by atoms with Gasteiger partial charge in [0.2, 0.25) is 0 Å². The van der Waals surface area contributed by atoms with Crippen molar-refractivity contribution in [1.82, 2.24) is 5.06 Å². The van der Waals surface area contributed by atoms with Gasteiger partial charge < -0.3 is 4.84 Å². The molecule has 0 aliphatic carbocycles. The first kappa shape index (κ1) is 9.99. The van der Waals surface area contributed by atoms with Gasteiger partial charge in [-0.3, -0.25) is 9.59 Å². The van der Waals surface area contributed by atoms with Crippen LogP contribution in [0.3, 0.4) is 0 Å². The van der Waals surface area contributed by atoms with Crippen LogP contribution in [0.15, 0.2) is 12.2 Å². The highest BCUT2D eigenvalue weighted by Gasteiger charge is 2.35. The summed E-state index contributed by atoms with van der Waals surface area (Å²) in [7, 11) is 0. The van der Waals surface area contributed by atoms with Crippen molar-refractivity contribution in [1.29, 1.82) is 0 Å². The molecule has 0 unspecified atom stereocenters. The number of nitrogens with zero attached hydrogens (tertiary/aromatic N) is 1. The Hall–Kier alpha value is -2.09. The number of carbonyl (C=O) groups is 3. The Morgan fingerprint density at radius 1 is 1.57 bits per heavy atom. The third-order valence-electron chi connectivity index (χ3n) is 1.48. The lowest BCUT2D eigenvalue weighted by Crippen LogP contribution is -2.31. The van der Waals surface area contributed by atoms with Gasteiger partial charge in [-0.05, 0) is 6.92 Å². The molecule has 0 aromatic carbocycles. The number of amides is 2. The average Bonchev–Trinajstić information content (AvgIpc) is 2.33. The lowest BCUT2D eigenvalue weighted by atomic mass is 10.3. The van der Waals surface area contributed by atoms with Gasteiger partial charge in [0.1, 0.15) is 0 Å². The van der Waals surface area contributed by atoms with E-state index in [2.05, 4.69) is 17.3 Å². The van der Waals surface area contributed by atoms with Crippen LogP contribution in [-0.4, -0.2) is 22.8 Å². The highest BCUT2D eigenvalue weighted by molar-refractivity contribution is 6.12. The molecular formula is C9H7NO4. The minimum atomic E-state index is -0.941. The van der Waals surface area contributed by atoms with Gasteiger partial charge in [-0.25, -0.2) is 4.79 Å². The Labute approximate surface area is 80.3 Å². The zero-order valence-electron chi connectivity index (χ0n) is 7.49. The summed E-state index contributed by atoms with van der Waals surface area (Å²) in [6.07, 6.45) is -0.119. The van der Waals surface area contributed by atoms with Gasteiger partial charge in [0, 0.05) is 11.5 Å². The van der Waals surface area contributed by atoms with Crippen LogP contribution in [-0.2, 0) is 19.2 Å². The standard InChI is InChI=1S/C9H7NO4/c1-3-4-8(12)14-10-7(11)5-6(2)9(10)13/h2,5H2,1H3. The Morgan fingerprint density at radius 2 is 2.21 bits per heavy atom. The van der Waals surface area contributed by atoms with E-state index in [9.17, 15) is 14.4 Å². The fourth-order valence-corrected chi connectivity index (χ4v) is 0.887. The number of carbonyl (C=O) groups excluding carboxylic acids is 3. The monoisotopic (exact) mass is 193 g/mol. The molecule has 1 saturated heterocycles. The summed E-state index contributed by atoms with van der Waals surface area (Å²) in [5.41, 5.74) is 0.104. The van der Waals surface area contributed by atoms with Crippen LogP contribution >= 0.6 is 0 Å². The van der Waals surface area contributed by atoms with E-state index < -0.39 is 17.8 Å². The van der Waals surface area contributed by atoms with E-state index in [1.54, 1.807) is 0 Å². The zero-order chi connectivity index (χ0) is 10.7. The average molecular weight is 193 g/mol. The summed E-state index contributed by atoms with van der Waals surface area (Å²) >= 11 is 0. The molecule has 1 aliphatic rings. The summed E-state index contributed by atoms with van der Waals surface area (Å²) in [5, 5.41) is 0.384. The zero-order valence-corrected chi connectivity index (χ0v) is 7.49. The fourth-order valence-electron chi connectivity index (χ4n) is 0.887. The van der Waals surface area contributed by atoms with Crippen molar-refractivity contribution in [3.63, 3.8) is 0 Å². The highest BCUT2D eigenvalue weighted by atomic mass is 16.7. The molecule has 5 nitrogen and oxygen atoms in total. The normalized spacial score (nSPS) is 15.2. The summed E-state index contributed by atoms with van der Waals surface area (Å²) < 4.78 is 0. The second-order valence-electron chi connectivity index (χ2n) is 2.53. The van der Waals surface area contributed by atoms with Crippen LogP contribution in [0.2, 0.25) is 0 Å². The SMILES string of the molecule is C=C1CC(=O)N(OC(=O)C#CC)C1=O. The second kappa shape index (κ2) is 3.75. The Kier molecular flexibility index (Phi) is 2.67. The molecule has 1 aliphatic heterocycles. The van der Waals surface area contributed by atoms with Crippen LogP contribution in [0.1, 0.15) is 13.3 Å². The van der Waals surface area contributed by atoms with Gasteiger partial charge in [0.25, 0.3) is 11.8 Å². The molecule has 0 atom stereocenters. The minimum absolute atomic E-state index is 0.104. The van der Waals surface area contributed by atoms with Gasteiger partial charge in [-0.15, -0.1) is 0 Å². The third kappa shape index (κ3) is 1.80. The molecule has 0 aromatic rings. The number of rotatable bonds is 1. The highest BCUT2D eigenvalue weighted by Crippen LogP contribution is 2.16. The Bertz CT molecular complexity index is 385. The molecule has 1 fully saturated rings. The van der Waals surface area contributed by atoms with Crippen molar-refractivity contribution in [2.75, 3.05) is 0 Å². The van der Waals surface area contributed by atoms with Crippen molar-refractivity contribution in [2.45, 2.75) is 13.3 Å². The number of hydrogen-bond donors (Lipinski definition) is 0. The minimum Gasteiger partial charge on any atom is -0.317 e. The first-order valence-corrected chi connectivity index (χ1v) is 3.76. The number of hydrogen-bond acceptors (Lipinski definition) is 4. The Morgan fingerprint density at radius 3 is 2.64 bits per heavy atom. The van der Waals surface area contributed by atoms with Crippen molar-refractivity contribution in [2.24, 2.45) is 0 Å². The summed E-state index contributed by atoms with van der Waals surface area (Å²) in [6, 6.07) is 0. The molecule has 1 rings (SSSR count). The molecule has 0 saturated carbocycles. The molecule has 0 bridgehead atoms. The van der Waals surface area contributed by atoms with Gasteiger partial charge >= 0.3 is 5.97 Å². The van der Waals surface area contributed by atoms with E-state index >= 15 is 0 Å². The summed E-state index contributed by atoms with van der Waals surface area (Å²) in [5.74, 6) is 2.09. The third-order valence-corrected chi connectivity index (χ3v) is 1.48. The molecule has 0 radical (unpaired) electrons. The molecule has 14 heavy (non-hydrogen) atoms. The van der Waals surface area contributed by atoms with Gasteiger partial charge in [0.05, 0.1) is 6.42 Å². The second-order valence-corrected chi connectivity index (χ2v) is 2.53. The van der Waals surface area contributed by atoms with Crippen molar-refractivity contribution in [3.8, 4) is 11.8 Å². The van der Waals surface area contributed by atoms with E-state index in [1.807, 2.05) is 5.92 Å². The fraction of sp³-hybridized carbons (Fsp3) is 0.222. The van der Waals surface area contributed by atoms with E-state index in [0.29, 0.717) is 5.06 Å². The topological polar surface area (TPSA) is 63.7 Å². The quantitative estimate of drug-likeness (QED) is 0.328. The number of imide groups is 1. The molecule has 0 spiro atoms. The largest absolute Gasteiger partial charge is 0.409 e. The first-order valence-electron chi connectivity index (χ1n) is 3.76. The van der Waals surface area contributed by atoms with E-state index in [-0.39, 0.29) is 12.0 Å². The molecule has 5 heteroatoms. The van der Waals surface area contributed by atoms with Crippen molar-refractivity contribution < 1.29 is 19.2 Å². The predicted molar refractivity (Wildman–Crippen MR) is 45.2 cm³/mol. The maximum absolute atomic E-state index is 11.1. The molecule has 72 valence electrons. The lowest BCUT2D eigenvalue weighted by Gasteiger charge is -2.09. The maximum Gasteiger partial charge on any atom is 0.409 e. The maximum atomic E-state index is 11.1. The van der Waals surface area contributed by atoms with Crippen LogP contribution in [0.5, 0.6) is 0 Å². The molecule has 0 aromatic heterocycles. The smallest absolute Gasteiger partial charge is 0.317 e. The number of hydroxylamine groups is 2. The summed E-state index contributed by atoms with van der Waals surface area (Å²) in [6.45, 7) is 4.79. The van der Waals surface area contributed by atoms with Crippen LogP contribution in [0.4, 0.5) is 0 Å². The summed E-state index contributed by atoms with van der Waals surface area (Å²) in [4.78, 5) is 37.4. The molecule has 1 heterocycles. The van der Waals surface area contributed by atoms with Gasteiger partial charge in [0.15, 0.2) is 0 Å². The Balaban J connectivity index is 2.73. The van der Waals surface area contributed by atoms with Gasteiger partial charge in [-0.1, -0.05) is 17.6 Å². The van der Waals surface area contributed by atoms with Crippen LogP contribution in [0.25, 0.3) is 0 Å². The van der Waals surface area contributed by atoms with Crippen LogP contribution < -0.4 is 0 Å². The van der Waals surface area contributed by atoms with Crippen LogP contribution in [0, 0.1) is 11.8 Å². The van der Waals surface area contributed by atoms with Gasteiger partial charge in [-0.2, -0.15) is 0 Å². The van der Waals surface area contributed by atoms with Crippen molar-refractivity contribution >= 4 is 17.8 Å². The molecule has 0 N–H and O–H groups in total. The van der Waals surface area contributed by atoms with E-state index in [4.69, 9.17) is 0 Å². The van der Waals surface area contributed by atoms with E-state index in [0.717, 1.165) is 0 Å². The first-order chi connectivity index (χ1) is 6.56. The lowest BCUT2D eigenvalue weighted by molar-refractivity contribution is -0.192. The molecule has 2 amide bonds.